The number of fused-ring (bicyclic) bond motifs is 1. The minimum Gasteiger partial charge on any atom is -0.354 e. The molecular weight excluding hydrogens is 403 g/mol. The Morgan fingerprint density at radius 1 is 1.26 bits per heavy atom. The van der Waals surface area contributed by atoms with E-state index in [9.17, 15) is 0 Å². The number of guanidine groups is 1. The summed E-state index contributed by atoms with van der Waals surface area (Å²) in [5, 5.41) is 15.3. The van der Waals surface area contributed by atoms with Crippen molar-refractivity contribution in [2.24, 2.45) is 10.9 Å². The van der Waals surface area contributed by atoms with Gasteiger partial charge in [-0.1, -0.05) is 26.7 Å². The lowest BCUT2D eigenvalue weighted by Gasteiger charge is -2.18. The molecule has 23 heavy (non-hydrogen) atoms. The molecule has 2 heterocycles. The van der Waals surface area contributed by atoms with Crippen LogP contribution in [-0.2, 0) is 19.5 Å². The second-order valence-electron chi connectivity index (χ2n) is 6.58. The van der Waals surface area contributed by atoms with Crippen molar-refractivity contribution >= 4 is 29.9 Å². The number of aromatic nitrogens is 3. The van der Waals surface area contributed by atoms with E-state index in [0.717, 1.165) is 36.5 Å². The first-order valence-corrected chi connectivity index (χ1v) is 8.48. The maximum absolute atomic E-state index is 4.30. The second-order valence-corrected chi connectivity index (χ2v) is 6.58. The Hall–Kier alpha value is -0.860. The van der Waals surface area contributed by atoms with Gasteiger partial charge in [-0.25, -0.2) is 0 Å². The molecule has 132 valence electrons. The van der Waals surface area contributed by atoms with Crippen molar-refractivity contribution in [3.05, 3.63) is 11.6 Å². The molecule has 0 spiro atoms. The number of aryl methyl sites for hydroxylation is 1. The quantitative estimate of drug-likeness (QED) is 0.394. The van der Waals surface area contributed by atoms with Crippen LogP contribution in [0.2, 0.25) is 0 Å². The van der Waals surface area contributed by atoms with Crippen molar-refractivity contribution < 1.29 is 0 Å². The normalized spacial score (nSPS) is 15.3. The van der Waals surface area contributed by atoms with Crippen molar-refractivity contribution in [2.45, 2.75) is 72.0 Å². The molecule has 0 aliphatic carbocycles. The van der Waals surface area contributed by atoms with Gasteiger partial charge in [0.25, 0.3) is 0 Å². The van der Waals surface area contributed by atoms with Crippen LogP contribution >= 0.6 is 24.0 Å². The SMILES string of the molecule is CN=C(NCc1nnc2n1CCC2)NC(C)CCCC(C)C.I. The number of halogens is 1. The summed E-state index contributed by atoms with van der Waals surface area (Å²) < 4.78 is 2.21. The van der Waals surface area contributed by atoms with Crippen molar-refractivity contribution in [1.29, 1.82) is 0 Å². The summed E-state index contributed by atoms with van der Waals surface area (Å²) in [4.78, 5) is 4.30. The number of hydrogen-bond donors (Lipinski definition) is 2. The van der Waals surface area contributed by atoms with E-state index in [1.54, 1.807) is 0 Å². The summed E-state index contributed by atoms with van der Waals surface area (Å²) in [6.45, 7) is 8.47. The smallest absolute Gasteiger partial charge is 0.191 e. The monoisotopic (exact) mass is 434 g/mol. The predicted octanol–water partition coefficient (Wildman–Crippen LogP) is 2.72. The topological polar surface area (TPSA) is 67.1 Å². The first-order chi connectivity index (χ1) is 10.6. The van der Waals surface area contributed by atoms with Crippen LogP contribution in [0, 0.1) is 5.92 Å². The maximum atomic E-state index is 4.30. The van der Waals surface area contributed by atoms with Crippen LogP contribution in [0.4, 0.5) is 0 Å². The lowest BCUT2D eigenvalue weighted by Crippen LogP contribution is -2.42. The molecule has 1 atom stereocenters. The molecule has 1 aliphatic heterocycles. The lowest BCUT2D eigenvalue weighted by atomic mass is 10.0. The molecule has 0 amide bonds. The highest BCUT2D eigenvalue weighted by Gasteiger charge is 2.17. The zero-order valence-electron chi connectivity index (χ0n) is 14.8. The summed E-state index contributed by atoms with van der Waals surface area (Å²) in [7, 11) is 1.81. The molecule has 0 bridgehead atoms. The van der Waals surface area contributed by atoms with Crippen molar-refractivity contribution in [3.8, 4) is 0 Å². The molecule has 6 nitrogen and oxygen atoms in total. The summed E-state index contributed by atoms with van der Waals surface area (Å²) >= 11 is 0. The Morgan fingerprint density at radius 3 is 2.74 bits per heavy atom. The molecule has 1 aromatic heterocycles. The standard InChI is InChI=1S/C16H30N6.HI/c1-12(2)7-5-8-13(3)19-16(17-4)18-11-15-21-20-14-9-6-10-22(14)15;/h12-13H,5-11H2,1-4H3,(H2,17,18,19);1H. The third kappa shape index (κ3) is 6.27. The fourth-order valence-corrected chi connectivity index (χ4v) is 2.84. The first kappa shape index (κ1) is 20.2. The summed E-state index contributed by atoms with van der Waals surface area (Å²) in [6, 6.07) is 0.425. The van der Waals surface area contributed by atoms with Gasteiger partial charge in [0.2, 0.25) is 0 Å². The van der Waals surface area contributed by atoms with E-state index in [2.05, 4.69) is 51.2 Å². The lowest BCUT2D eigenvalue weighted by molar-refractivity contribution is 0.491. The molecule has 2 rings (SSSR count). The Kier molecular flexibility index (Phi) is 8.86. The third-order valence-electron chi connectivity index (χ3n) is 4.13. The Bertz CT molecular complexity index is 497. The first-order valence-electron chi connectivity index (χ1n) is 8.48. The van der Waals surface area contributed by atoms with Gasteiger partial charge in [-0.15, -0.1) is 34.2 Å². The zero-order chi connectivity index (χ0) is 15.9. The Morgan fingerprint density at radius 2 is 2.04 bits per heavy atom. The summed E-state index contributed by atoms with van der Waals surface area (Å²) in [5.41, 5.74) is 0. The van der Waals surface area contributed by atoms with Crippen molar-refractivity contribution in [1.82, 2.24) is 25.4 Å². The number of aliphatic imine (C=N–C) groups is 1. The number of nitrogens with zero attached hydrogens (tertiary/aromatic N) is 4. The predicted molar refractivity (Wildman–Crippen MR) is 105 cm³/mol. The fraction of sp³-hybridized carbons (Fsp3) is 0.812. The van der Waals surface area contributed by atoms with E-state index in [4.69, 9.17) is 0 Å². The Balaban J connectivity index is 0.00000264. The van der Waals surface area contributed by atoms with Crippen molar-refractivity contribution in [3.63, 3.8) is 0 Å². The van der Waals surface area contributed by atoms with Crippen LogP contribution in [0.15, 0.2) is 4.99 Å². The Labute approximate surface area is 157 Å². The number of hydrogen-bond acceptors (Lipinski definition) is 3. The zero-order valence-corrected chi connectivity index (χ0v) is 17.1. The molecule has 1 aliphatic rings. The summed E-state index contributed by atoms with van der Waals surface area (Å²) in [5.74, 6) is 3.73. The van der Waals surface area contributed by atoms with Gasteiger partial charge in [0.1, 0.15) is 5.82 Å². The van der Waals surface area contributed by atoms with Gasteiger partial charge in [-0.2, -0.15) is 0 Å². The molecule has 0 radical (unpaired) electrons. The second kappa shape index (κ2) is 10.1. The molecule has 1 unspecified atom stereocenters. The van der Waals surface area contributed by atoms with E-state index in [0.29, 0.717) is 12.6 Å². The average molecular weight is 434 g/mol. The molecule has 0 fully saturated rings. The highest BCUT2D eigenvalue weighted by molar-refractivity contribution is 14.0. The minimum atomic E-state index is 0. The van der Waals surface area contributed by atoms with E-state index >= 15 is 0 Å². The van der Waals surface area contributed by atoms with Crippen molar-refractivity contribution in [2.75, 3.05) is 7.05 Å². The van der Waals surface area contributed by atoms with Gasteiger partial charge in [0.05, 0.1) is 6.54 Å². The van der Waals surface area contributed by atoms with Gasteiger partial charge in [-0.3, -0.25) is 4.99 Å². The van der Waals surface area contributed by atoms with E-state index < -0.39 is 0 Å². The molecule has 0 saturated carbocycles. The van der Waals surface area contributed by atoms with E-state index in [1.807, 2.05) is 7.05 Å². The molecule has 2 N–H and O–H groups in total. The number of rotatable bonds is 7. The summed E-state index contributed by atoms with van der Waals surface area (Å²) in [6.07, 6.45) is 5.92. The average Bonchev–Trinajstić information content (AvgIpc) is 3.06. The van der Waals surface area contributed by atoms with E-state index in [-0.39, 0.29) is 24.0 Å². The minimum absolute atomic E-state index is 0. The highest BCUT2D eigenvalue weighted by atomic mass is 127. The number of nitrogens with one attached hydrogen (secondary N) is 2. The van der Waals surface area contributed by atoms with Crippen LogP contribution in [0.1, 0.15) is 58.1 Å². The highest BCUT2D eigenvalue weighted by Crippen LogP contribution is 2.13. The van der Waals surface area contributed by atoms with Crippen LogP contribution in [-0.4, -0.2) is 33.8 Å². The van der Waals surface area contributed by atoms with E-state index in [1.165, 1.54) is 25.7 Å². The van der Waals surface area contributed by atoms with Crippen LogP contribution in [0.3, 0.4) is 0 Å². The molecule has 0 aromatic carbocycles. The van der Waals surface area contributed by atoms with Crippen LogP contribution < -0.4 is 10.6 Å². The molecular formula is C16H31IN6. The van der Waals surface area contributed by atoms with Gasteiger partial charge >= 0.3 is 0 Å². The van der Waals surface area contributed by atoms with Gasteiger partial charge < -0.3 is 15.2 Å². The maximum Gasteiger partial charge on any atom is 0.191 e. The third-order valence-corrected chi connectivity index (χ3v) is 4.13. The molecule has 1 aromatic rings. The van der Waals surface area contributed by atoms with Gasteiger partial charge in [-0.05, 0) is 25.7 Å². The van der Waals surface area contributed by atoms with Gasteiger partial charge in [0, 0.05) is 26.1 Å². The van der Waals surface area contributed by atoms with Crippen LogP contribution in [0.25, 0.3) is 0 Å². The largest absolute Gasteiger partial charge is 0.354 e. The molecule has 7 heteroatoms. The van der Waals surface area contributed by atoms with Gasteiger partial charge in [0.15, 0.2) is 11.8 Å². The molecule has 0 saturated heterocycles. The van der Waals surface area contributed by atoms with Crippen LogP contribution in [0.5, 0.6) is 0 Å². The fourth-order valence-electron chi connectivity index (χ4n) is 2.84.